The maximum Gasteiger partial charge on any atom is 0.174 e. The van der Waals surface area contributed by atoms with Gasteiger partial charge in [-0.3, -0.25) is 4.98 Å². The lowest BCUT2D eigenvalue weighted by molar-refractivity contribution is 0.242. The summed E-state index contributed by atoms with van der Waals surface area (Å²) in [7, 11) is 0. The molecular formula is C31H34N4OS. The number of hydrogen-bond donors (Lipinski definition) is 1. The summed E-state index contributed by atoms with van der Waals surface area (Å²) in [5.74, 6) is 0.850. The second-order valence-electron chi connectivity index (χ2n) is 9.84. The Bertz CT molecular complexity index is 1380. The predicted octanol–water partition coefficient (Wildman–Crippen LogP) is 7.02. The van der Waals surface area contributed by atoms with Crippen LogP contribution in [0, 0.1) is 13.8 Å². The third-order valence-electron chi connectivity index (χ3n) is 6.98. The fourth-order valence-electron chi connectivity index (χ4n) is 5.27. The highest BCUT2D eigenvalue weighted by Gasteiger charge is 2.42. The van der Waals surface area contributed by atoms with Gasteiger partial charge in [0.25, 0.3) is 0 Å². The van der Waals surface area contributed by atoms with E-state index in [1.807, 2.05) is 44.3 Å². The van der Waals surface area contributed by atoms with Gasteiger partial charge in [-0.15, -0.1) is 0 Å². The van der Waals surface area contributed by atoms with Crippen LogP contribution in [-0.4, -0.2) is 20.8 Å². The molecule has 1 N–H and O–H groups in total. The molecule has 1 saturated heterocycles. The average Bonchev–Trinajstić information content (AvgIpc) is 3.39. The van der Waals surface area contributed by atoms with Crippen molar-refractivity contribution in [3.8, 4) is 11.4 Å². The Hall–Kier alpha value is -3.64. The van der Waals surface area contributed by atoms with Gasteiger partial charge < -0.3 is 19.5 Å². The van der Waals surface area contributed by atoms with Crippen LogP contribution in [0.2, 0.25) is 0 Å². The van der Waals surface area contributed by atoms with E-state index in [2.05, 4.69) is 84.1 Å². The maximum absolute atomic E-state index is 5.93. The minimum atomic E-state index is -0.0864. The molecule has 37 heavy (non-hydrogen) atoms. The number of ether oxygens (including phenoxy) is 1. The van der Waals surface area contributed by atoms with E-state index in [0.717, 1.165) is 23.6 Å². The largest absolute Gasteiger partial charge is 0.491 e. The maximum atomic E-state index is 5.93. The number of benzene rings is 2. The van der Waals surface area contributed by atoms with E-state index >= 15 is 0 Å². The Morgan fingerprint density at radius 1 is 0.973 bits per heavy atom. The van der Waals surface area contributed by atoms with Crippen LogP contribution < -0.4 is 15.0 Å². The molecule has 2 aromatic carbocycles. The van der Waals surface area contributed by atoms with Crippen molar-refractivity contribution in [2.45, 2.75) is 59.2 Å². The zero-order valence-corrected chi connectivity index (χ0v) is 22.9. The fraction of sp³-hybridized carbons (Fsp3) is 0.290. The number of nitrogens with one attached hydrogen (secondary N) is 1. The summed E-state index contributed by atoms with van der Waals surface area (Å²) in [6.45, 7) is 10.6. The molecule has 1 aliphatic rings. The van der Waals surface area contributed by atoms with Crippen LogP contribution in [0.5, 0.6) is 5.75 Å². The van der Waals surface area contributed by atoms with E-state index < -0.39 is 0 Å². The predicted molar refractivity (Wildman–Crippen MR) is 155 cm³/mol. The smallest absolute Gasteiger partial charge is 0.174 e. The first kappa shape index (κ1) is 25.0. The molecule has 0 aliphatic carbocycles. The van der Waals surface area contributed by atoms with Gasteiger partial charge in [-0.1, -0.05) is 25.1 Å². The summed E-state index contributed by atoms with van der Waals surface area (Å²) in [5.41, 5.74) is 8.11. The normalized spacial score (nSPS) is 17.4. The molecule has 190 valence electrons. The minimum absolute atomic E-state index is 0.0610. The third kappa shape index (κ3) is 4.86. The summed E-state index contributed by atoms with van der Waals surface area (Å²) in [4.78, 5) is 6.93. The second kappa shape index (κ2) is 10.4. The Morgan fingerprint density at radius 2 is 1.68 bits per heavy atom. The number of rotatable bonds is 7. The molecule has 0 saturated carbocycles. The van der Waals surface area contributed by atoms with Crippen LogP contribution in [-0.2, 0) is 6.42 Å². The Balaban J connectivity index is 1.61. The van der Waals surface area contributed by atoms with Gasteiger partial charge in [0, 0.05) is 29.0 Å². The molecule has 1 aliphatic heterocycles. The summed E-state index contributed by atoms with van der Waals surface area (Å²) >= 11 is 5.93. The number of pyridine rings is 1. The first-order valence-corrected chi connectivity index (χ1v) is 13.3. The SMILES string of the molecule is CCc1ccc(-n2c(C)cc([C@@H]3[C@H](c4ccccn4)NC(=S)N3c3ccc(OC(C)C)cc3)c2C)cc1. The van der Waals surface area contributed by atoms with E-state index in [9.17, 15) is 0 Å². The van der Waals surface area contributed by atoms with Crippen LogP contribution in [0.25, 0.3) is 5.69 Å². The van der Waals surface area contributed by atoms with Gasteiger partial charge in [0.05, 0.1) is 23.9 Å². The van der Waals surface area contributed by atoms with E-state index in [1.54, 1.807) is 0 Å². The number of thiocarbonyl (C=S) groups is 1. The molecule has 0 unspecified atom stereocenters. The number of nitrogens with zero attached hydrogens (tertiary/aromatic N) is 3. The number of hydrogen-bond acceptors (Lipinski definition) is 3. The molecule has 4 aromatic rings. The fourth-order valence-corrected chi connectivity index (χ4v) is 5.62. The van der Waals surface area contributed by atoms with Gasteiger partial charge in [-0.25, -0.2) is 0 Å². The van der Waals surface area contributed by atoms with Crippen molar-refractivity contribution < 1.29 is 4.74 Å². The van der Waals surface area contributed by atoms with E-state index in [0.29, 0.717) is 5.11 Å². The number of anilines is 1. The number of aryl methyl sites for hydroxylation is 2. The summed E-state index contributed by atoms with van der Waals surface area (Å²) in [5, 5.41) is 4.27. The standard InChI is InChI=1S/C31H34N4OS/c1-6-23-10-12-24(13-11-23)34-21(4)19-27(22(34)5)30-29(28-9-7-8-18-32-28)33-31(37)35(30)25-14-16-26(17-15-25)36-20(2)3/h7-20,29-30H,6H2,1-5H3,(H,33,37)/t29-,30+/m0/s1. The third-order valence-corrected chi connectivity index (χ3v) is 7.29. The van der Waals surface area contributed by atoms with Crippen LogP contribution in [0.3, 0.4) is 0 Å². The molecule has 0 bridgehead atoms. The van der Waals surface area contributed by atoms with E-state index in [1.165, 1.54) is 28.2 Å². The van der Waals surface area contributed by atoms with Crippen molar-refractivity contribution in [2.24, 2.45) is 0 Å². The van der Waals surface area contributed by atoms with Crippen molar-refractivity contribution >= 4 is 23.0 Å². The summed E-state index contributed by atoms with van der Waals surface area (Å²) < 4.78 is 8.22. The van der Waals surface area contributed by atoms with Crippen LogP contribution >= 0.6 is 12.2 Å². The molecule has 2 atom stereocenters. The lowest BCUT2D eigenvalue weighted by Crippen LogP contribution is -2.29. The van der Waals surface area contributed by atoms with E-state index in [-0.39, 0.29) is 18.2 Å². The molecule has 0 amide bonds. The molecule has 5 nitrogen and oxygen atoms in total. The number of aromatic nitrogens is 2. The quantitative estimate of drug-likeness (QED) is 0.271. The van der Waals surface area contributed by atoms with Crippen molar-refractivity contribution in [1.29, 1.82) is 0 Å². The second-order valence-corrected chi connectivity index (χ2v) is 10.2. The van der Waals surface area contributed by atoms with Gasteiger partial charge in [0.1, 0.15) is 5.75 Å². The van der Waals surface area contributed by atoms with Gasteiger partial charge >= 0.3 is 0 Å². The highest BCUT2D eigenvalue weighted by Crippen LogP contribution is 2.44. The molecule has 3 heterocycles. The van der Waals surface area contributed by atoms with Crippen LogP contribution in [0.4, 0.5) is 5.69 Å². The van der Waals surface area contributed by atoms with E-state index in [4.69, 9.17) is 21.9 Å². The van der Waals surface area contributed by atoms with Crippen molar-refractivity contribution in [3.63, 3.8) is 0 Å². The Kier molecular flexibility index (Phi) is 7.02. The van der Waals surface area contributed by atoms with Crippen LogP contribution in [0.1, 0.15) is 61.1 Å². The highest BCUT2D eigenvalue weighted by atomic mass is 32.1. The first-order valence-electron chi connectivity index (χ1n) is 12.9. The zero-order chi connectivity index (χ0) is 26.1. The topological polar surface area (TPSA) is 42.3 Å². The molecule has 0 spiro atoms. The lowest BCUT2D eigenvalue weighted by Gasteiger charge is -2.28. The lowest BCUT2D eigenvalue weighted by atomic mass is 9.96. The van der Waals surface area contributed by atoms with Gasteiger partial charge in [0.2, 0.25) is 0 Å². The molecule has 1 fully saturated rings. The molecular weight excluding hydrogens is 476 g/mol. The Labute approximate surface area is 225 Å². The van der Waals surface area contributed by atoms with Gasteiger partial charge in [0.15, 0.2) is 5.11 Å². The monoisotopic (exact) mass is 510 g/mol. The zero-order valence-electron chi connectivity index (χ0n) is 22.1. The summed E-state index contributed by atoms with van der Waals surface area (Å²) in [6, 6.07) is 25.2. The molecule has 2 aromatic heterocycles. The molecule has 6 heteroatoms. The van der Waals surface area contributed by atoms with Crippen molar-refractivity contribution in [1.82, 2.24) is 14.9 Å². The first-order chi connectivity index (χ1) is 17.9. The Morgan fingerprint density at radius 3 is 2.30 bits per heavy atom. The molecule has 5 rings (SSSR count). The highest BCUT2D eigenvalue weighted by molar-refractivity contribution is 7.80. The van der Waals surface area contributed by atoms with Gasteiger partial charge in [-0.2, -0.15) is 0 Å². The van der Waals surface area contributed by atoms with Crippen molar-refractivity contribution in [2.75, 3.05) is 4.90 Å². The van der Waals surface area contributed by atoms with Crippen molar-refractivity contribution in [3.05, 3.63) is 107 Å². The molecule has 0 radical (unpaired) electrons. The summed E-state index contributed by atoms with van der Waals surface area (Å²) in [6.07, 6.45) is 3.00. The van der Waals surface area contributed by atoms with Gasteiger partial charge in [-0.05, 0) is 112 Å². The van der Waals surface area contributed by atoms with Crippen LogP contribution in [0.15, 0.2) is 79.0 Å². The minimum Gasteiger partial charge on any atom is -0.491 e. The average molecular weight is 511 g/mol.